The Morgan fingerprint density at radius 2 is 1.94 bits per heavy atom. The summed E-state index contributed by atoms with van der Waals surface area (Å²) in [5.74, 6) is -0.299. The number of carbonyl (C=O) groups excluding carboxylic acids is 1. The van der Waals surface area contributed by atoms with Crippen LogP contribution in [0.3, 0.4) is 0 Å². The van der Waals surface area contributed by atoms with Crippen LogP contribution in [-0.4, -0.2) is 30.9 Å². The quantitative estimate of drug-likeness (QED) is 0.347. The van der Waals surface area contributed by atoms with Crippen molar-refractivity contribution in [3.05, 3.63) is 73.9 Å². The van der Waals surface area contributed by atoms with Crippen LogP contribution in [0.1, 0.15) is 41.5 Å². The average Bonchev–Trinajstić information content (AvgIpc) is 2.94. The van der Waals surface area contributed by atoms with Gasteiger partial charge in [-0.3, -0.25) is 9.79 Å². The zero-order valence-electron chi connectivity index (χ0n) is 20.6. The summed E-state index contributed by atoms with van der Waals surface area (Å²) in [4.78, 5) is 18.4. The van der Waals surface area contributed by atoms with Gasteiger partial charge in [0.25, 0.3) is 5.91 Å². The minimum absolute atomic E-state index is 0.00804. The van der Waals surface area contributed by atoms with E-state index in [1.165, 1.54) is 37.9 Å². The number of carbonyl (C=O) groups is 1. The molecule has 2 aliphatic rings. The first-order valence-corrected chi connectivity index (χ1v) is 11.9. The third-order valence-corrected chi connectivity index (χ3v) is 7.21. The van der Waals surface area contributed by atoms with Crippen molar-refractivity contribution in [1.82, 2.24) is 5.32 Å². The van der Waals surface area contributed by atoms with Crippen molar-refractivity contribution in [2.24, 2.45) is 22.6 Å². The van der Waals surface area contributed by atoms with E-state index in [9.17, 15) is 18.0 Å². The number of nitrogens with one attached hydrogen (secondary N) is 1. The molecule has 34 heavy (non-hydrogen) atoms. The van der Waals surface area contributed by atoms with Gasteiger partial charge in [0.2, 0.25) is 0 Å². The lowest BCUT2D eigenvalue weighted by atomic mass is 9.96. The molecule has 2 unspecified atom stereocenters. The molecule has 0 aromatic carbocycles. The van der Waals surface area contributed by atoms with E-state index in [2.05, 4.69) is 16.0 Å². The Kier molecular flexibility index (Phi) is 9.03. The van der Waals surface area contributed by atoms with E-state index in [1.807, 2.05) is 40.7 Å². The van der Waals surface area contributed by atoms with Gasteiger partial charge >= 0.3 is 6.18 Å². The summed E-state index contributed by atoms with van der Waals surface area (Å²) >= 11 is 1.37. The van der Waals surface area contributed by atoms with Crippen LogP contribution in [0.25, 0.3) is 0 Å². The molecule has 0 saturated carbocycles. The maximum absolute atomic E-state index is 13.6. The molecule has 0 bridgehead atoms. The molecule has 0 aromatic rings. The first-order chi connectivity index (χ1) is 15.8. The highest BCUT2D eigenvalue weighted by Crippen LogP contribution is 2.44. The standard InChI is InChI=1S/C26H32F3N3OS/c1-14(2)21(30)13-22(31-7)25(33)32-18(6)23-11-16(4)17(5)24(34-23)19-10-8-9-15(3)20(12-19)26(27,28)29/h8,10-14,16,18H,30H2,1-7H3,(H,32,33)/b21-13-,31-22?. The van der Waals surface area contributed by atoms with E-state index in [-0.39, 0.29) is 35.1 Å². The molecule has 0 fully saturated rings. The van der Waals surface area contributed by atoms with Gasteiger partial charge in [-0.1, -0.05) is 44.2 Å². The van der Waals surface area contributed by atoms with Gasteiger partial charge < -0.3 is 11.1 Å². The Balaban J connectivity index is 2.30. The number of rotatable bonds is 6. The second-order valence-electron chi connectivity index (χ2n) is 8.69. The lowest BCUT2D eigenvalue weighted by molar-refractivity contribution is -0.115. The first-order valence-electron chi connectivity index (χ1n) is 11.0. The number of halogens is 3. The van der Waals surface area contributed by atoms with Gasteiger partial charge in [-0.2, -0.15) is 13.2 Å². The van der Waals surface area contributed by atoms with Crippen molar-refractivity contribution in [2.75, 3.05) is 7.05 Å². The van der Waals surface area contributed by atoms with Gasteiger partial charge in [-0.25, -0.2) is 0 Å². The van der Waals surface area contributed by atoms with Crippen LogP contribution >= 0.6 is 11.8 Å². The van der Waals surface area contributed by atoms with Crippen LogP contribution in [-0.2, 0) is 4.79 Å². The van der Waals surface area contributed by atoms with Crippen molar-refractivity contribution in [3.8, 4) is 0 Å². The molecule has 2 rings (SSSR count). The molecule has 0 aromatic heterocycles. The number of hydrogen-bond acceptors (Lipinski definition) is 4. The van der Waals surface area contributed by atoms with Crippen LogP contribution in [0, 0.1) is 11.8 Å². The molecule has 2 atom stereocenters. The normalized spacial score (nSPS) is 21.0. The number of nitrogens with zero attached hydrogens (tertiary/aromatic N) is 1. The zero-order valence-corrected chi connectivity index (χ0v) is 21.4. The van der Waals surface area contributed by atoms with Crippen molar-refractivity contribution >= 4 is 23.4 Å². The summed E-state index contributed by atoms with van der Waals surface area (Å²) in [5.41, 5.74) is 10.2. The van der Waals surface area contributed by atoms with E-state index in [1.54, 1.807) is 12.2 Å². The lowest BCUT2D eigenvalue weighted by Crippen LogP contribution is -2.38. The van der Waals surface area contributed by atoms with Crippen LogP contribution in [0.5, 0.6) is 0 Å². The summed E-state index contributed by atoms with van der Waals surface area (Å²) in [6.45, 7) is 11.0. The van der Waals surface area contributed by atoms with Crippen molar-refractivity contribution in [1.29, 1.82) is 0 Å². The van der Waals surface area contributed by atoms with Crippen molar-refractivity contribution in [2.45, 2.75) is 53.8 Å². The van der Waals surface area contributed by atoms with Gasteiger partial charge in [-0.15, -0.1) is 5.73 Å². The Labute approximate surface area is 204 Å². The molecule has 4 nitrogen and oxygen atoms in total. The minimum Gasteiger partial charge on any atom is -0.402 e. The number of thioether (sulfide) groups is 1. The first kappa shape index (κ1) is 27.5. The van der Waals surface area contributed by atoms with Gasteiger partial charge in [-0.05, 0) is 62.5 Å². The molecule has 0 radical (unpaired) electrons. The number of amides is 1. The molecule has 1 aliphatic heterocycles. The molecule has 1 heterocycles. The van der Waals surface area contributed by atoms with Gasteiger partial charge in [0.1, 0.15) is 5.71 Å². The molecule has 0 saturated heterocycles. The number of allylic oxidation sites excluding steroid dienone is 8. The van der Waals surface area contributed by atoms with Crippen molar-refractivity contribution < 1.29 is 18.0 Å². The molecule has 184 valence electrons. The van der Waals surface area contributed by atoms with E-state index >= 15 is 0 Å². The molecular formula is C26H32F3N3OS. The second kappa shape index (κ2) is 11.2. The van der Waals surface area contributed by atoms with Crippen LogP contribution in [0.4, 0.5) is 13.2 Å². The van der Waals surface area contributed by atoms with E-state index in [0.717, 1.165) is 15.4 Å². The number of hydrogen-bond donors (Lipinski definition) is 2. The molecular weight excluding hydrogens is 459 g/mol. The predicted molar refractivity (Wildman–Crippen MR) is 135 cm³/mol. The topological polar surface area (TPSA) is 67.5 Å². The number of alkyl halides is 3. The van der Waals surface area contributed by atoms with Gasteiger partial charge in [0.05, 0.1) is 11.6 Å². The van der Waals surface area contributed by atoms with Crippen LogP contribution in [0.2, 0.25) is 0 Å². The number of nitrogens with two attached hydrogens (primary N) is 1. The fraction of sp³-hybridized carbons (Fsp3) is 0.423. The highest BCUT2D eigenvalue weighted by molar-refractivity contribution is 8.07. The highest BCUT2D eigenvalue weighted by Gasteiger charge is 2.36. The lowest BCUT2D eigenvalue weighted by Gasteiger charge is -2.27. The molecule has 8 heteroatoms. The largest absolute Gasteiger partial charge is 0.417 e. The maximum atomic E-state index is 13.6. The Morgan fingerprint density at radius 1 is 1.29 bits per heavy atom. The Bertz CT molecular complexity index is 1090. The SMILES string of the molecule is CN=C(/C=C(\N)C(C)C)C(=O)NC(C)C1=CC(C)C(C)=C(C2=CC=C=C(C)C(C(F)(F)F)=C2)S1. The number of aliphatic imine (C=N–C) groups is 1. The van der Waals surface area contributed by atoms with E-state index in [4.69, 9.17) is 5.73 Å². The molecule has 1 aliphatic carbocycles. The van der Waals surface area contributed by atoms with Crippen LogP contribution in [0.15, 0.2) is 78.9 Å². The fourth-order valence-corrected chi connectivity index (χ4v) is 4.64. The monoisotopic (exact) mass is 491 g/mol. The summed E-state index contributed by atoms with van der Waals surface area (Å²) in [6.07, 6.45) is 3.46. The summed E-state index contributed by atoms with van der Waals surface area (Å²) in [5, 5.41) is 2.94. The Morgan fingerprint density at radius 3 is 2.50 bits per heavy atom. The third-order valence-electron chi connectivity index (χ3n) is 5.73. The molecule has 1 amide bonds. The van der Waals surface area contributed by atoms with E-state index in [0.29, 0.717) is 11.3 Å². The average molecular weight is 492 g/mol. The summed E-state index contributed by atoms with van der Waals surface area (Å²) < 4.78 is 40.8. The van der Waals surface area contributed by atoms with Crippen LogP contribution < -0.4 is 11.1 Å². The fourth-order valence-electron chi connectivity index (χ4n) is 3.31. The van der Waals surface area contributed by atoms with E-state index < -0.39 is 11.7 Å². The summed E-state index contributed by atoms with van der Waals surface area (Å²) in [6, 6.07) is -0.374. The zero-order chi connectivity index (χ0) is 25.8. The van der Waals surface area contributed by atoms with Gasteiger partial charge in [0.15, 0.2) is 0 Å². The summed E-state index contributed by atoms with van der Waals surface area (Å²) in [7, 11) is 1.53. The molecule has 0 spiro atoms. The molecule has 3 N–H and O–H groups in total. The van der Waals surface area contributed by atoms with Crippen molar-refractivity contribution in [3.63, 3.8) is 0 Å². The smallest absolute Gasteiger partial charge is 0.402 e. The third kappa shape index (κ3) is 6.67. The second-order valence-corrected chi connectivity index (χ2v) is 9.77. The highest BCUT2D eigenvalue weighted by atomic mass is 32.2. The van der Waals surface area contributed by atoms with Gasteiger partial charge in [0, 0.05) is 28.1 Å². The maximum Gasteiger partial charge on any atom is 0.417 e. The predicted octanol–water partition coefficient (Wildman–Crippen LogP) is 6.13. The minimum atomic E-state index is -4.48. The Hall–Kier alpha value is -2.70.